The number of nitriles is 1. The Morgan fingerprint density at radius 2 is 2.07 bits per heavy atom. The van der Waals surface area contributed by atoms with Crippen LogP contribution in [-0.2, 0) is 6.54 Å². The average molecular weight is 389 g/mol. The highest BCUT2D eigenvalue weighted by Crippen LogP contribution is 2.30. The van der Waals surface area contributed by atoms with E-state index in [2.05, 4.69) is 21.0 Å². The monoisotopic (exact) mass is 389 g/mol. The van der Waals surface area contributed by atoms with Gasteiger partial charge in [-0.3, -0.25) is 4.79 Å². The molecular weight excluding hydrogens is 369 g/mol. The van der Waals surface area contributed by atoms with Gasteiger partial charge in [0.05, 0.1) is 18.7 Å². The van der Waals surface area contributed by atoms with E-state index in [1.165, 1.54) is 0 Å². The number of hydrogen-bond donors (Lipinski definition) is 2. The van der Waals surface area contributed by atoms with Gasteiger partial charge in [0.25, 0.3) is 5.91 Å². The topological polar surface area (TPSA) is 88.6 Å². The van der Waals surface area contributed by atoms with E-state index in [0.717, 1.165) is 11.8 Å². The third-order valence-corrected chi connectivity index (χ3v) is 4.74. The molecule has 0 radical (unpaired) electrons. The Bertz CT molecular complexity index is 1200. The van der Waals surface area contributed by atoms with E-state index < -0.39 is 5.82 Å². The molecule has 1 aromatic carbocycles. The molecule has 1 amide bonds. The van der Waals surface area contributed by atoms with Gasteiger partial charge in [-0.2, -0.15) is 5.26 Å². The number of halogens is 1. The summed E-state index contributed by atoms with van der Waals surface area (Å²) in [5, 5.41) is 9.60. The maximum atomic E-state index is 14.5. The molecule has 4 aromatic rings. The standard InChI is InChI=1S/C22H18FN5O.H2/c23-18-13-27-21-17(7-9-25-21)20(18)16-11-19(26-12-16)22(29)28(10-4-8-24)14-15-5-2-1-3-6-15;/h1-3,5-7,9,11-13,26H,4,10,14H2,(H,25,27);1H. The van der Waals surface area contributed by atoms with Crippen LogP contribution in [0.4, 0.5) is 4.39 Å². The first-order valence-electron chi connectivity index (χ1n) is 9.18. The molecule has 0 saturated heterocycles. The van der Waals surface area contributed by atoms with Crippen molar-refractivity contribution >= 4 is 16.9 Å². The van der Waals surface area contributed by atoms with Crippen LogP contribution in [0.3, 0.4) is 0 Å². The van der Waals surface area contributed by atoms with Crippen molar-refractivity contribution in [3.05, 3.63) is 78.1 Å². The van der Waals surface area contributed by atoms with Gasteiger partial charge in [-0.25, -0.2) is 9.37 Å². The van der Waals surface area contributed by atoms with Crippen molar-refractivity contribution in [2.24, 2.45) is 0 Å². The number of amides is 1. The lowest BCUT2D eigenvalue weighted by atomic mass is 10.1. The molecule has 0 spiro atoms. The third kappa shape index (κ3) is 3.73. The van der Waals surface area contributed by atoms with Crippen LogP contribution in [0.2, 0.25) is 0 Å². The zero-order chi connectivity index (χ0) is 20.2. The first-order chi connectivity index (χ1) is 14.2. The second-order valence-electron chi connectivity index (χ2n) is 6.64. The number of aromatic amines is 2. The number of carbonyl (C=O) groups excluding carboxylic acids is 1. The van der Waals surface area contributed by atoms with Crippen LogP contribution in [0.5, 0.6) is 0 Å². The number of nitrogens with zero attached hydrogens (tertiary/aromatic N) is 3. The van der Waals surface area contributed by atoms with Crippen LogP contribution in [0.1, 0.15) is 23.9 Å². The van der Waals surface area contributed by atoms with E-state index in [4.69, 9.17) is 5.26 Å². The van der Waals surface area contributed by atoms with Crippen LogP contribution in [-0.4, -0.2) is 32.3 Å². The number of H-pyrrole nitrogens is 2. The largest absolute Gasteiger partial charge is 0.357 e. The van der Waals surface area contributed by atoms with E-state index in [9.17, 15) is 9.18 Å². The van der Waals surface area contributed by atoms with Gasteiger partial charge in [0.15, 0.2) is 0 Å². The van der Waals surface area contributed by atoms with Crippen LogP contribution < -0.4 is 0 Å². The zero-order valence-electron chi connectivity index (χ0n) is 15.5. The summed E-state index contributed by atoms with van der Waals surface area (Å²) in [6.07, 6.45) is 4.71. The predicted octanol–water partition coefficient (Wildman–Crippen LogP) is 4.50. The summed E-state index contributed by atoms with van der Waals surface area (Å²) in [5.41, 5.74) is 2.85. The Hall–Kier alpha value is -3.92. The van der Waals surface area contributed by atoms with Crippen LogP contribution in [0.15, 0.2) is 61.1 Å². The van der Waals surface area contributed by atoms with E-state index in [0.29, 0.717) is 40.9 Å². The van der Waals surface area contributed by atoms with Crippen molar-refractivity contribution in [1.82, 2.24) is 19.9 Å². The number of fused-ring (bicyclic) bond motifs is 1. The summed E-state index contributed by atoms with van der Waals surface area (Å²) in [6.45, 7) is 0.700. The molecule has 0 fully saturated rings. The summed E-state index contributed by atoms with van der Waals surface area (Å²) in [6, 6.07) is 15.1. The fourth-order valence-electron chi connectivity index (χ4n) is 3.35. The molecule has 0 aliphatic carbocycles. The summed E-state index contributed by atoms with van der Waals surface area (Å²) in [4.78, 5) is 24.6. The fourth-order valence-corrected chi connectivity index (χ4v) is 3.35. The maximum absolute atomic E-state index is 14.5. The van der Waals surface area contributed by atoms with Crippen LogP contribution in [0.25, 0.3) is 22.2 Å². The minimum atomic E-state index is -0.458. The summed E-state index contributed by atoms with van der Waals surface area (Å²) < 4.78 is 14.5. The Morgan fingerprint density at radius 1 is 1.24 bits per heavy atom. The van der Waals surface area contributed by atoms with Gasteiger partial charge in [0.1, 0.15) is 17.2 Å². The summed E-state index contributed by atoms with van der Waals surface area (Å²) >= 11 is 0. The molecule has 7 heteroatoms. The van der Waals surface area contributed by atoms with Gasteiger partial charge >= 0.3 is 0 Å². The number of rotatable bonds is 6. The Balaban J connectivity index is 0.00000256. The van der Waals surface area contributed by atoms with E-state index in [1.54, 1.807) is 29.4 Å². The van der Waals surface area contributed by atoms with Gasteiger partial charge in [0, 0.05) is 43.4 Å². The lowest BCUT2D eigenvalue weighted by molar-refractivity contribution is 0.0741. The third-order valence-electron chi connectivity index (χ3n) is 4.74. The maximum Gasteiger partial charge on any atom is 0.270 e. The van der Waals surface area contributed by atoms with Crippen molar-refractivity contribution in [3.8, 4) is 17.2 Å². The molecule has 6 nitrogen and oxygen atoms in total. The molecule has 146 valence electrons. The van der Waals surface area contributed by atoms with E-state index >= 15 is 0 Å². The highest BCUT2D eigenvalue weighted by Gasteiger charge is 2.20. The van der Waals surface area contributed by atoms with Crippen molar-refractivity contribution < 1.29 is 10.6 Å². The second kappa shape index (κ2) is 7.98. The minimum Gasteiger partial charge on any atom is -0.357 e. The Morgan fingerprint density at radius 3 is 2.86 bits per heavy atom. The number of pyridine rings is 1. The number of hydrogen-bond acceptors (Lipinski definition) is 3. The molecule has 2 N–H and O–H groups in total. The Kier molecular flexibility index (Phi) is 5.08. The molecule has 3 heterocycles. The molecule has 0 atom stereocenters. The Labute approximate surface area is 168 Å². The molecule has 0 aliphatic rings. The van der Waals surface area contributed by atoms with Crippen molar-refractivity contribution in [2.45, 2.75) is 13.0 Å². The molecule has 4 rings (SSSR count). The van der Waals surface area contributed by atoms with Gasteiger partial charge in [-0.05, 0) is 17.7 Å². The number of aromatic nitrogens is 3. The lowest BCUT2D eigenvalue weighted by Gasteiger charge is -2.21. The molecule has 0 aliphatic heterocycles. The normalized spacial score (nSPS) is 10.8. The zero-order valence-corrected chi connectivity index (χ0v) is 15.5. The first-order valence-corrected chi connectivity index (χ1v) is 9.18. The SMILES string of the molecule is N#CCCN(Cc1ccccc1)C(=O)c1cc(-c2c(F)cnc3[nH]ccc23)c[nH]1.[HH]. The summed E-state index contributed by atoms with van der Waals surface area (Å²) in [5.74, 6) is -0.698. The van der Waals surface area contributed by atoms with Crippen LogP contribution in [0, 0.1) is 17.1 Å². The van der Waals surface area contributed by atoms with Gasteiger partial charge < -0.3 is 14.9 Å². The smallest absolute Gasteiger partial charge is 0.270 e. The van der Waals surface area contributed by atoms with E-state index in [-0.39, 0.29) is 13.8 Å². The molecule has 0 unspecified atom stereocenters. The fraction of sp³-hybridized carbons (Fsp3) is 0.136. The second-order valence-corrected chi connectivity index (χ2v) is 6.64. The predicted molar refractivity (Wildman–Crippen MR) is 109 cm³/mol. The molecule has 0 saturated carbocycles. The van der Waals surface area contributed by atoms with Gasteiger partial charge in [0.2, 0.25) is 0 Å². The average Bonchev–Trinajstić information content (AvgIpc) is 3.41. The number of benzene rings is 1. The summed E-state index contributed by atoms with van der Waals surface area (Å²) in [7, 11) is 0. The number of carbonyl (C=O) groups is 1. The highest BCUT2D eigenvalue weighted by atomic mass is 19.1. The molecule has 0 bridgehead atoms. The van der Waals surface area contributed by atoms with E-state index in [1.807, 2.05) is 30.3 Å². The molecular formula is C22H20FN5O. The number of nitrogens with one attached hydrogen (secondary N) is 2. The molecule has 3 aromatic heterocycles. The first kappa shape index (κ1) is 18.4. The van der Waals surface area contributed by atoms with Crippen molar-refractivity contribution in [1.29, 1.82) is 5.26 Å². The quantitative estimate of drug-likeness (QED) is 0.509. The van der Waals surface area contributed by atoms with Crippen molar-refractivity contribution in [2.75, 3.05) is 6.54 Å². The van der Waals surface area contributed by atoms with Crippen LogP contribution >= 0.6 is 0 Å². The minimum absolute atomic E-state index is 0. The highest BCUT2D eigenvalue weighted by molar-refractivity contribution is 5.97. The van der Waals surface area contributed by atoms with Gasteiger partial charge in [-0.1, -0.05) is 30.3 Å². The molecule has 29 heavy (non-hydrogen) atoms. The lowest BCUT2D eigenvalue weighted by Crippen LogP contribution is -2.31. The van der Waals surface area contributed by atoms with Gasteiger partial charge in [-0.15, -0.1) is 0 Å². The van der Waals surface area contributed by atoms with Crippen molar-refractivity contribution in [3.63, 3.8) is 0 Å².